The molecular formula is C14H11N5O2. The van der Waals surface area contributed by atoms with E-state index in [0.29, 0.717) is 11.6 Å². The summed E-state index contributed by atoms with van der Waals surface area (Å²) in [5, 5.41) is 15.4. The molecule has 1 aromatic carbocycles. The Kier molecular flexibility index (Phi) is 3.38. The van der Waals surface area contributed by atoms with Gasteiger partial charge in [-0.1, -0.05) is 23.4 Å². The van der Waals surface area contributed by atoms with Crippen LogP contribution in [0.15, 0.2) is 48.7 Å². The SMILES string of the molecule is COc1ccc(C(=O)c2cnnn2-c2ccccc2)nn1. The van der Waals surface area contributed by atoms with Crippen molar-refractivity contribution in [3.8, 4) is 11.6 Å². The van der Waals surface area contributed by atoms with Crippen molar-refractivity contribution in [1.29, 1.82) is 0 Å². The first-order valence-corrected chi connectivity index (χ1v) is 6.18. The van der Waals surface area contributed by atoms with Crippen LogP contribution in [0.1, 0.15) is 16.2 Å². The van der Waals surface area contributed by atoms with Crippen molar-refractivity contribution >= 4 is 5.78 Å². The van der Waals surface area contributed by atoms with Gasteiger partial charge in [0.05, 0.1) is 19.0 Å². The summed E-state index contributed by atoms with van der Waals surface area (Å²) in [6, 6.07) is 12.4. The molecule has 0 unspecified atom stereocenters. The molecule has 2 aromatic heterocycles. The minimum Gasteiger partial charge on any atom is -0.480 e. The van der Waals surface area contributed by atoms with E-state index < -0.39 is 0 Å². The molecule has 21 heavy (non-hydrogen) atoms. The van der Waals surface area contributed by atoms with E-state index in [1.807, 2.05) is 30.3 Å². The van der Waals surface area contributed by atoms with Crippen LogP contribution in [0.4, 0.5) is 0 Å². The van der Waals surface area contributed by atoms with Crippen LogP contribution in [-0.4, -0.2) is 38.1 Å². The quantitative estimate of drug-likeness (QED) is 0.670. The van der Waals surface area contributed by atoms with Crippen LogP contribution in [0.25, 0.3) is 5.69 Å². The molecule has 0 fully saturated rings. The second kappa shape index (κ2) is 5.49. The van der Waals surface area contributed by atoms with E-state index in [1.165, 1.54) is 18.0 Å². The molecule has 7 heteroatoms. The van der Waals surface area contributed by atoms with E-state index in [2.05, 4.69) is 20.5 Å². The topological polar surface area (TPSA) is 82.8 Å². The average Bonchev–Trinajstić information content (AvgIpc) is 3.04. The number of rotatable bonds is 4. The summed E-state index contributed by atoms with van der Waals surface area (Å²) in [7, 11) is 1.49. The maximum Gasteiger partial charge on any atom is 0.233 e. The zero-order valence-corrected chi connectivity index (χ0v) is 11.2. The van der Waals surface area contributed by atoms with Crippen molar-refractivity contribution in [1.82, 2.24) is 25.2 Å². The molecule has 2 heterocycles. The van der Waals surface area contributed by atoms with Crippen molar-refractivity contribution < 1.29 is 9.53 Å². The number of para-hydroxylation sites is 1. The molecular weight excluding hydrogens is 270 g/mol. The van der Waals surface area contributed by atoms with Crippen LogP contribution >= 0.6 is 0 Å². The molecule has 0 saturated heterocycles. The van der Waals surface area contributed by atoms with Crippen LogP contribution in [0.5, 0.6) is 5.88 Å². The van der Waals surface area contributed by atoms with Gasteiger partial charge in [-0.2, -0.15) is 0 Å². The van der Waals surface area contributed by atoms with E-state index in [9.17, 15) is 4.79 Å². The molecule has 0 radical (unpaired) electrons. The number of ether oxygens (including phenoxy) is 1. The predicted octanol–water partition coefficient (Wildman–Crippen LogP) is 1.30. The first-order chi connectivity index (χ1) is 10.3. The van der Waals surface area contributed by atoms with Crippen molar-refractivity contribution in [2.45, 2.75) is 0 Å². The number of hydrogen-bond acceptors (Lipinski definition) is 6. The summed E-state index contributed by atoms with van der Waals surface area (Å²) in [6.07, 6.45) is 1.40. The van der Waals surface area contributed by atoms with Gasteiger partial charge in [0.15, 0.2) is 0 Å². The average molecular weight is 281 g/mol. The first kappa shape index (κ1) is 12.9. The smallest absolute Gasteiger partial charge is 0.233 e. The Balaban J connectivity index is 1.97. The molecule has 104 valence electrons. The monoisotopic (exact) mass is 281 g/mol. The third-order valence-corrected chi connectivity index (χ3v) is 2.86. The third-order valence-electron chi connectivity index (χ3n) is 2.86. The van der Waals surface area contributed by atoms with Crippen molar-refractivity contribution in [2.75, 3.05) is 7.11 Å². The summed E-state index contributed by atoms with van der Waals surface area (Å²) in [5.41, 5.74) is 1.27. The number of benzene rings is 1. The summed E-state index contributed by atoms with van der Waals surface area (Å²) >= 11 is 0. The van der Waals surface area contributed by atoms with Crippen LogP contribution in [-0.2, 0) is 0 Å². The highest BCUT2D eigenvalue weighted by atomic mass is 16.5. The minimum absolute atomic E-state index is 0.204. The number of ketones is 1. The molecule has 7 nitrogen and oxygen atoms in total. The summed E-state index contributed by atoms with van der Waals surface area (Å²) in [4.78, 5) is 12.5. The lowest BCUT2D eigenvalue weighted by Gasteiger charge is -2.04. The second-order valence-electron chi connectivity index (χ2n) is 4.16. The molecule has 0 spiro atoms. The van der Waals surface area contributed by atoms with Crippen molar-refractivity contribution in [3.05, 3.63) is 60.0 Å². The van der Waals surface area contributed by atoms with Crippen LogP contribution in [0, 0.1) is 0 Å². The van der Waals surface area contributed by atoms with E-state index in [-0.39, 0.29) is 11.5 Å². The Morgan fingerprint density at radius 3 is 2.57 bits per heavy atom. The Bertz CT molecular complexity index is 753. The summed E-state index contributed by atoms with van der Waals surface area (Å²) < 4.78 is 6.38. The summed E-state index contributed by atoms with van der Waals surface area (Å²) in [5.74, 6) is 0.0419. The largest absolute Gasteiger partial charge is 0.480 e. The van der Waals surface area contributed by atoms with E-state index in [0.717, 1.165) is 5.69 Å². The minimum atomic E-state index is -0.306. The predicted molar refractivity (Wildman–Crippen MR) is 73.4 cm³/mol. The number of nitrogens with zero attached hydrogens (tertiary/aromatic N) is 5. The van der Waals surface area contributed by atoms with E-state index in [4.69, 9.17) is 4.74 Å². The van der Waals surface area contributed by atoms with E-state index >= 15 is 0 Å². The second-order valence-corrected chi connectivity index (χ2v) is 4.16. The number of carbonyl (C=O) groups is 1. The molecule has 0 N–H and O–H groups in total. The highest BCUT2D eigenvalue weighted by Gasteiger charge is 2.18. The fourth-order valence-electron chi connectivity index (χ4n) is 1.83. The Hall–Kier alpha value is -3.09. The van der Waals surface area contributed by atoms with E-state index in [1.54, 1.807) is 12.1 Å². The highest BCUT2D eigenvalue weighted by molar-refractivity contribution is 6.06. The van der Waals surface area contributed by atoms with Gasteiger partial charge in [0, 0.05) is 6.07 Å². The van der Waals surface area contributed by atoms with Gasteiger partial charge < -0.3 is 4.74 Å². The van der Waals surface area contributed by atoms with Gasteiger partial charge in [-0.25, -0.2) is 4.68 Å². The van der Waals surface area contributed by atoms with Crippen molar-refractivity contribution in [2.24, 2.45) is 0 Å². The maximum absolute atomic E-state index is 12.5. The lowest BCUT2D eigenvalue weighted by Crippen LogP contribution is -2.12. The Morgan fingerprint density at radius 1 is 1.10 bits per heavy atom. The number of aromatic nitrogens is 5. The molecule has 0 aliphatic carbocycles. The lowest BCUT2D eigenvalue weighted by atomic mass is 10.2. The van der Waals surface area contributed by atoms with Crippen molar-refractivity contribution in [3.63, 3.8) is 0 Å². The Labute approximate surface area is 120 Å². The fourth-order valence-corrected chi connectivity index (χ4v) is 1.83. The summed E-state index contributed by atoms with van der Waals surface area (Å²) in [6.45, 7) is 0. The van der Waals surface area contributed by atoms with Gasteiger partial charge >= 0.3 is 0 Å². The number of hydrogen-bond donors (Lipinski definition) is 0. The van der Waals surface area contributed by atoms with Crippen LogP contribution in [0.2, 0.25) is 0 Å². The Morgan fingerprint density at radius 2 is 1.90 bits per heavy atom. The molecule has 3 rings (SSSR count). The molecule has 0 atom stereocenters. The van der Waals surface area contributed by atoms with Gasteiger partial charge in [-0.15, -0.1) is 15.3 Å². The highest BCUT2D eigenvalue weighted by Crippen LogP contribution is 2.13. The molecule has 0 aliphatic rings. The van der Waals surface area contributed by atoms with Crippen LogP contribution < -0.4 is 4.74 Å². The van der Waals surface area contributed by atoms with Gasteiger partial charge in [0.2, 0.25) is 11.7 Å². The number of carbonyl (C=O) groups excluding carboxylic acids is 1. The van der Waals surface area contributed by atoms with Gasteiger partial charge in [-0.3, -0.25) is 4.79 Å². The van der Waals surface area contributed by atoms with Gasteiger partial charge in [0.25, 0.3) is 0 Å². The normalized spacial score (nSPS) is 10.3. The lowest BCUT2D eigenvalue weighted by molar-refractivity contribution is 0.102. The standard InChI is InChI=1S/C14H11N5O2/c1-21-13-8-7-11(16-17-13)14(20)12-9-15-18-19(12)10-5-3-2-4-6-10/h2-9H,1H3. The molecule has 0 saturated carbocycles. The molecule has 3 aromatic rings. The van der Waals surface area contributed by atoms with Crippen LogP contribution in [0.3, 0.4) is 0 Å². The zero-order valence-electron chi connectivity index (χ0n) is 11.2. The first-order valence-electron chi connectivity index (χ1n) is 6.18. The molecule has 0 bridgehead atoms. The maximum atomic E-state index is 12.5. The zero-order chi connectivity index (χ0) is 14.7. The third kappa shape index (κ3) is 2.48. The van der Waals surface area contributed by atoms with Gasteiger partial charge in [0.1, 0.15) is 11.4 Å². The molecule has 0 aliphatic heterocycles. The molecule has 0 amide bonds. The van der Waals surface area contributed by atoms with Gasteiger partial charge in [-0.05, 0) is 18.2 Å². The fraction of sp³-hybridized carbons (Fsp3) is 0.0714. The number of methoxy groups -OCH3 is 1.